The highest BCUT2D eigenvalue weighted by atomic mass is 16.3. The number of nitrogens with two attached hydrogens (primary N) is 1. The molecule has 0 aliphatic heterocycles. The van der Waals surface area contributed by atoms with Gasteiger partial charge in [-0.1, -0.05) is 6.92 Å². The van der Waals surface area contributed by atoms with Crippen molar-refractivity contribution in [3.8, 4) is 0 Å². The van der Waals surface area contributed by atoms with E-state index in [1.165, 1.54) is 6.26 Å². The summed E-state index contributed by atoms with van der Waals surface area (Å²) in [5, 5.41) is 10.0. The van der Waals surface area contributed by atoms with Crippen molar-refractivity contribution >= 4 is 17.9 Å². The van der Waals surface area contributed by atoms with Crippen molar-refractivity contribution in [2.75, 3.05) is 4.90 Å². The molecule has 1 atom stereocenters. The van der Waals surface area contributed by atoms with Gasteiger partial charge in [-0.2, -0.15) is 0 Å². The molecule has 0 aromatic carbocycles. The molecule has 0 aliphatic carbocycles. The number of guanidine groups is 1. The molecule has 0 fully saturated rings. The van der Waals surface area contributed by atoms with Gasteiger partial charge in [0.15, 0.2) is 0 Å². The highest BCUT2D eigenvalue weighted by Crippen LogP contribution is 2.14. The fraction of sp³-hybridized carbons (Fsp3) is 0.400. The zero-order valence-electron chi connectivity index (χ0n) is 9.36. The molecule has 0 bridgehead atoms. The van der Waals surface area contributed by atoms with Gasteiger partial charge in [0.25, 0.3) is 0 Å². The van der Waals surface area contributed by atoms with Crippen LogP contribution in [0.1, 0.15) is 20.3 Å². The fourth-order valence-electron chi connectivity index (χ4n) is 1.10. The van der Waals surface area contributed by atoms with Gasteiger partial charge in [0, 0.05) is 12.1 Å². The lowest BCUT2D eigenvalue weighted by Crippen LogP contribution is -2.49. The highest BCUT2D eigenvalue weighted by Gasteiger charge is 2.21. The third-order valence-electron chi connectivity index (χ3n) is 2.15. The zero-order valence-corrected chi connectivity index (χ0v) is 9.36. The number of nitrogens with zero attached hydrogens (tertiary/aromatic N) is 1. The van der Waals surface area contributed by atoms with E-state index >= 15 is 0 Å². The maximum absolute atomic E-state index is 11.8. The van der Waals surface area contributed by atoms with Gasteiger partial charge in [-0.3, -0.25) is 5.41 Å². The molecule has 1 rings (SSSR count). The number of carbonyl (C=O) groups excluding carboxylic acids is 1. The van der Waals surface area contributed by atoms with Crippen LogP contribution in [-0.4, -0.2) is 18.0 Å². The third-order valence-corrected chi connectivity index (χ3v) is 2.15. The van der Waals surface area contributed by atoms with Crippen molar-refractivity contribution in [3.63, 3.8) is 0 Å². The van der Waals surface area contributed by atoms with Crippen molar-refractivity contribution < 1.29 is 9.21 Å². The minimum Gasteiger partial charge on any atom is -0.448 e. The molecule has 88 valence electrons. The number of amides is 2. The van der Waals surface area contributed by atoms with Crippen LogP contribution in [0.5, 0.6) is 0 Å². The van der Waals surface area contributed by atoms with Gasteiger partial charge >= 0.3 is 6.03 Å². The molecule has 0 radical (unpaired) electrons. The van der Waals surface area contributed by atoms with Crippen molar-refractivity contribution in [1.29, 1.82) is 5.41 Å². The molecule has 1 heterocycles. The summed E-state index contributed by atoms with van der Waals surface area (Å²) in [7, 11) is 0. The molecule has 6 heteroatoms. The minimum atomic E-state index is -0.461. The molecule has 4 N–H and O–H groups in total. The van der Waals surface area contributed by atoms with Gasteiger partial charge in [0.2, 0.25) is 11.8 Å². The lowest BCUT2D eigenvalue weighted by Gasteiger charge is -2.20. The normalized spacial score (nSPS) is 11.9. The number of hydrogen-bond acceptors (Lipinski definition) is 3. The highest BCUT2D eigenvalue weighted by molar-refractivity contribution is 6.12. The first kappa shape index (κ1) is 12.1. The van der Waals surface area contributed by atoms with Crippen molar-refractivity contribution in [2.45, 2.75) is 26.3 Å². The van der Waals surface area contributed by atoms with Crippen molar-refractivity contribution in [1.82, 2.24) is 5.32 Å². The summed E-state index contributed by atoms with van der Waals surface area (Å²) >= 11 is 0. The SMILES string of the molecule is CCC(C)NC(=O)N(C(=N)N)c1ccco1. The number of urea groups is 1. The van der Waals surface area contributed by atoms with Gasteiger partial charge in [0.05, 0.1) is 6.26 Å². The molecule has 16 heavy (non-hydrogen) atoms. The maximum Gasteiger partial charge on any atom is 0.331 e. The second kappa shape index (κ2) is 5.20. The Morgan fingerprint density at radius 2 is 2.44 bits per heavy atom. The number of anilines is 1. The van der Waals surface area contributed by atoms with Crippen LogP contribution in [0.15, 0.2) is 22.8 Å². The van der Waals surface area contributed by atoms with Gasteiger partial charge in [0.1, 0.15) is 0 Å². The number of nitrogens with one attached hydrogen (secondary N) is 2. The summed E-state index contributed by atoms with van der Waals surface area (Å²) in [6, 6.07) is 2.75. The van der Waals surface area contributed by atoms with Crippen LogP contribution in [0.2, 0.25) is 0 Å². The fourth-order valence-corrected chi connectivity index (χ4v) is 1.10. The second-order valence-corrected chi connectivity index (χ2v) is 3.43. The summed E-state index contributed by atoms with van der Waals surface area (Å²) in [6.07, 6.45) is 2.22. The quantitative estimate of drug-likeness (QED) is 0.536. The Bertz CT molecular complexity index is 361. The predicted octanol–water partition coefficient (Wildman–Crippen LogP) is 1.49. The average Bonchev–Trinajstić information content (AvgIpc) is 2.70. The summed E-state index contributed by atoms with van der Waals surface area (Å²) in [5.41, 5.74) is 5.33. The van der Waals surface area contributed by atoms with E-state index < -0.39 is 6.03 Å². The standard InChI is InChI=1S/C10H16N4O2/c1-3-7(2)13-10(15)14(9(11)12)8-5-4-6-16-8/h4-7H,3H2,1-2H3,(H3,11,12)(H,13,15). The van der Waals surface area contributed by atoms with Crippen LogP contribution in [-0.2, 0) is 0 Å². The molecule has 1 aromatic rings. The molecular formula is C10H16N4O2. The van der Waals surface area contributed by atoms with Crippen LogP contribution in [0.4, 0.5) is 10.7 Å². The van der Waals surface area contributed by atoms with Gasteiger partial charge in [-0.05, 0) is 19.4 Å². The summed E-state index contributed by atoms with van der Waals surface area (Å²) in [4.78, 5) is 12.8. The van der Waals surface area contributed by atoms with E-state index in [1.807, 2.05) is 13.8 Å². The Kier molecular flexibility index (Phi) is 3.93. The van der Waals surface area contributed by atoms with Crippen LogP contribution in [0, 0.1) is 5.41 Å². The topological polar surface area (TPSA) is 95.4 Å². The van der Waals surface area contributed by atoms with E-state index in [1.54, 1.807) is 12.1 Å². The van der Waals surface area contributed by atoms with Crippen molar-refractivity contribution in [3.05, 3.63) is 18.4 Å². The minimum absolute atomic E-state index is 0.0179. The molecule has 0 saturated carbocycles. The molecule has 1 unspecified atom stereocenters. The second-order valence-electron chi connectivity index (χ2n) is 3.43. The Labute approximate surface area is 93.9 Å². The zero-order chi connectivity index (χ0) is 12.1. The van der Waals surface area contributed by atoms with Gasteiger partial charge in [-0.25, -0.2) is 9.69 Å². The lowest BCUT2D eigenvalue weighted by molar-refractivity contribution is 0.245. The van der Waals surface area contributed by atoms with E-state index in [0.717, 1.165) is 11.3 Å². The number of carbonyl (C=O) groups is 1. The van der Waals surface area contributed by atoms with Gasteiger partial charge in [-0.15, -0.1) is 0 Å². The van der Waals surface area contributed by atoms with E-state index in [-0.39, 0.29) is 17.9 Å². The number of rotatable bonds is 3. The van der Waals surface area contributed by atoms with Crippen LogP contribution >= 0.6 is 0 Å². The molecule has 0 saturated heterocycles. The molecule has 0 spiro atoms. The Hall–Kier alpha value is -1.98. The summed E-state index contributed by atoms with van der Waals surface area (Å²) < 4.78 is 5.04. The predicted molar refractivity (Wildman–Crippen MR) is 61.4 cm³/mol. The van der Waals surface area contributed by atoms with E-state index in [2.05, 4.69) is 5.32 Å². The van der Waals surface area contributed by atoms with E-state index in [9.17, 15) is 4.79 Å². The molecule has 0 aliphatic rings. The Morgan fingerprint density at radius 1 is 1.75 bits per heavy atom. The largest absolute Gasteiger partial charge is 0.448 e. The van der Waals surface area contributed by atoms with Crippen LogP contribution in [0.3, 0.4) is 0 Å². The van der Waals surface area contributed by atoms with Crippen LogP contribution in [0.25, 0.3) is 0 Å². The molecule has 1 aromatic heterocycles. The first-order valence-electron chi connectivity index (χ1n) is 5.04. The van der Waals surface area contributed by atoms with Gasteiger partial charge < -0.3 is 15.5 Å². The number of furan rings is 1. The summed E-state index contributed by atoms with van der Waals surface area (Å²) in [6.45, 7) is 3.83. The van der Waals surface area contributed by atoms with Crippen LogP contribution < -0.4 is 16.0 Å². The summed E-state index contributed by atoms with van der Waals surface area (Å²) in [5.74, 6) is -0.149. The van der Waals surface area contributed by atoms with E-state index in [4.69, 9.17) is 15.6 Å². The third kappa shape index (κ3) is 2.75. The monoisotopic (exact) mass is 224 g/mol. The molecular weight excluding hydrogens is 208 g/mol. The first-order valence-corrected chi connectivity index (χ1v) is 5.04. The average molecular weight is 224 g/mol. The number of hydrogen-bond donors (Lipinski definition) is 3. The lowest BCUT2D eigenvalue weighted by atomic mass is 10.3. The molecule has 6 nitrogen and oxygen atoms in total. The Balaban J connectivity index is 2.79. The molecule has 2 amide bonds. The van der Waals surface area contributed by atoms with Crippen molar-refractivity contribution in [2.24, 2.45) is 5.73 Å². The first-order chi connectivity index (χ1) is 7.56. The smallest absolute Gasteiger partial charge is 0.331 e. The maximum atomic E-state index is 11.8. The van der Waals surface area contributed by atoms with E-state index in [0.29, 0.717) is 0 Å². The Morgan fingerprint density at radius 3 is 2.88 bits per heavy atom.